The summed E-state index contributed by atoms with van der Waals surface area (Å²) in [5.41, 5.74) is 2.00. The molecule has 0 aromatic heterocycles. The number of fused-ring (bicyclic) bond motifs is 2. The van der Waals surface area contributed by atoms with E-state index in [0.717, 1.165) is 19.4 Å². The lowest BCUT2D eigenvalue weighted by Gasteiger charge is -2.49. The Labute approximate surface area is 161 Å². The van der Waals surface area contributed by atoms with Crippen LogP contribution in [-0.2, 0) is 6.54 Å². The number of hydrogen-bond acceptors (Lipinski definition) is 3. The van der Waals surface area contributed by atoms with Crippen LogP contribution >= 0.6 is 0 Å². The zero-order chi connectivity index (χ0) is 18.6. The number of rotatable bonds is 5. The number of nitrogens with one attached hydrogen (secondary N) is 1. The van der Waals surface area contributed by atoms with Gasteiger partial charge < -0.3 is 10.1 Å². The molecule has 2 aliphatic rings. The molecule has 2 atom stereocenters. The van der Waals surface area contributed by atoms with Crippen molar-refractivity contribution in [3.05, 3.63) is 65.7 Å². The van der Waals surface area contributed by atoms with E-state index >= 15 is 0 Å². The molecule has 1 amide bonds. The maximum atomic E-state index is 12.8. The fraction of sp³-hybridized carbons (Fsp3) is 0.435. The lowest BCUT2D eigenvalue weighted by Crippen LogP contribution is -2.56. The molecule has 0 aliphatic carbocycles. The molecule has 0 spiro atoms. The van der Waals surface area contributed by atoms with Crippen molar-refractivity contribution in [2.75, 3.05) is 7.11 Å². The van der Waals surface area contributed by atoms with E-state index in [1.54, 1.807) is 7.11 Å². The summed E-state index contributed by atoms with van der Waals surface area (Å²) in [5, 5.41) is 3.28. The lowest BCUT2D eigenvalue weighted by atomic mass is 9.81. The first-order valence-corrected chi connectivity index (χ1v) is 9.98. The van der Waals surface area contributed by atoms with Crippen LogP contribution in [0.3, 0.4) is 0 Å². The van der Waals surface area contributed by atoms with Gasteiger partial charge in [-0.05, 0) is 43.4 Å². The molecule has 2 fully saturated rings. The fourth-order valence-corrected chi connectivity index (χ4v) is 4.74. The van der Waals surface area contributed by atoms with E-state index in [-0.39, 0.29) is 11.9 Å². The average Bonchev–Trinajstić information content (AvgIpc) is 2.69. The van der Waals surface area contributed by atoms with Gasteiger partial charge in [-0.2, -0.15) is 0 Å². The van der Waals surface area contributed by atoms with Crippen molar-refractivity contribution in [1.29, 1.82) is 0 Å². The van der Waals surface area contributed by atoms with Gasteiger partial charge in [0.25, 0.3) is 5.91 Å². The molecule has 0 saturated carbocycles. The second-order valence-electron chi connectivity index (χ2n) is 7.74. The summed E-state index contributed by atoms with van der Waals surface area (Å²) in [7, 11) is 1.61. The van der Waals surface area contributed by atoms with Crippen molar-refractivity contribution in [2.45, 2.75) is 56.8 Å². The van der Waals surface area contributed by atoms with Crippen LogP contribution in [0.25, 0.3) is 0 Å². The molecular weight excluding hydrogens is 336 g/mol. The molecule has 27 heavy (non-hydrogen) atoms. The summed E-state index contributed by atoms with van der Waals surface area (Å²) in [6.07, 6.45) is 5.82. The molecule has 2 saturated heterocycles. The molecule has 0 radical (unpaired) electrons. The van der Waals surface area contributed by atoms with E-state index in [0.29, 0.717) is 23.4 Å². The SMILES string of the molecule is COc1ccccc1C(=O)NC1C[C@@H]2CCC[C@@H](C1)N2Cc1ccccc1. The second-order valence-corrected chi connectivity index (χ2v) is 7.74. The van der Waals surface area contributed by atoms with Gasteiger partial charge in [-0.3, -0.25) is 9.69 Å². The molecule has 2 aromatic carbocycles. The number of carbonyl (C=O) groups is 1. The van der Waals surface area contributed by atoms with E-state index in [1.807, 2.05) is 24.3 Å². The Morgan fingerprint density at radius 3 is 2.41 bits per heavy atom. The van der Waals surface area contributed by atoms with Gasteiger partial charge in [-0.1, -0.05) is 48.9 Å². The number of ether oxygens (including phenoxy) is 1. The molecule has 1 N–H and O–H groups in total. The van der Waals surface area contributed by atoms with Crippen molar-refractivity contribution in [2.24, 2.45) is 0 Å². The van der Waals surface area contributed by atoms with Gasteiger partial charge >= 0.3 is 0 Å². The Balaban J connectivity index is 1.43. The third-order valence-electron chi connectivity index (χ3n) is 6.02. The predicted molar refractivity (Wildman–Crippen MR) is 107 cm³/mol. The van der Waals surface area contributed by atoms with Gasteiger partial charge in [-0.25, -0.2) is 0 Å². The second kappa shape index (κ2) is 8.13. The highest BCUT2D eigenvalue weighted by atomic mass is 16.5. The summed E-state index contributed by atoms with van der Waals surface area (Å²) >= 11 is 0. The first-order valence-electron chi connectivity index (χ1n) is 9.98. The Morgan fingerprint density at radius 2 is 1.70 bits per heavy atom. The molecule has 0 unspecified atom stereocenters. The van der Waals surface area contributed by atoms with E-state index in [9.17, 15) is 4.79 Å². The van der Waals surface area contributed by atoms with Crippen molar-refractivity contribution < 1.29 is 9.53 Å². The number of methoxy groups -OCH3 is 1. The molecule has 2 aliphatic heterocycles. The lowest BCUT2D eigenvalue weighted by molar-refractivity contribution is 0.0177. The summed E-state index contributed by atoms with van der Waals surface area (Å²) in [4.78, 5) is 15.5. The van der Waals surface area contributed by atoms with Crippen molar-refractivity contribution in [3.63, 3.8) is 0 Å². The molecule has 2 heterocycles. The Morgan fingerprint density at radius 1 is 1.04 bits per heavy atom. The average molecular weight is 364 g/mol. The highest BCUT2D eigenvalue weighted by molar-refractivity contribution is 5.97. The number of piperidine rings is 2. The Bertz CT molecular complexity index is 763. The Kier molecular flexibility index (Phi) is 5.44. The van der Waals surface area contributed by atoms with Crippen LogP contribution in [0.4, 0.5) is 0 Å². The third kappa shape index (κ3) is 4.01. The number of amides is 1. The van der Waals surface area contributed by atoms with E-state index in [4.69, 9.17) is 4.74 Å². The molecule has 4 heteroatoms. The zero-order valence-corrected chi connectivity index (χ0v) is 15.9. The molecule has 2 bridgehead atoms. The molecule has 4 nitrogen and oxygen atoms in total. The maximum absolute atomic E-state index is 12.8. The third-order valence-corrected chi connectivity index (χ3v) is 6.02. The van der Waals surface area contributed by atoms with Gasteiger partial charge in [0, 0.05) is 24.7 Å². The number of hydrogen-bond donors (Lipinski definition) is 1. The molecule has 2 aromatic rings. The van der Waals surface area contributed by atoms with Crippen LogP contribution < -0.4 is 10.1 Å². The summed E-state index contributed by atoms with van der Waals surface area (Å²) < 4.78 is 5.34. The minimum Gasteiger partial charge on any atom is -0.496 e. The summed E-state index contributed by atoms with van der Waals surface area (Å²) in [6.45, 7) is 1.02. The predicted octanol–water partition coefficient (Wildman–Crippen LogP) is 4.01. The van der Waals surface area contributed by atoms with E-state index in [1.165, 1.54) is 24.8 Å². The van der Waals surface area contributed by atoms with Crippen LogP contribution in [0.15, 0.2) is 54.6 Å². The molecule has 4 rings (SSSR count). The quantitative estimate of drug-likeness (QED) is 0.872. The molecular formula is C23H28N2O2. The fourth-order valence-electron chi connectivity index (χ4n) is 4.74. The highest BCUT2D eigenvalue weighted by Gasteiger charge is 2.38. The first kappa shape index (κ1) is 18.1. The van der Waals surface area contributed by atoms with Crippen LogP contribution in [0.1, 0.15) is 48.0 Å². The van der Waals surface area contributed by atoms with Gasteiger partial charge in [-0.15, -0.1) is 0 Å². The van der Waals surface area contributed by atoms with Gasteiger partial charge in [0.05, 0.1) is 12.7 Å². The maximum Gasteiger partial charge on any atom is 0.255 e. The van der Waals surface area contributed by atoms with Crippen molar-refractivity contribution >= 4 is 5.91 Å². The van der Waals surface area contributed by atoms with E-state index < -0.39 is 0 Å². The van der Waals surface area contributed by atoms with Gasteiger partial charge in [0.15, 0.2) is 0 Å². The number of carbonyl (C=O) groups excluding carboxylic acids is 1. The van der Waals surface area contributed by atoms with Crippen molar-refractivity contribution in [3.8, 4) is 5.75 Å². The largest absolute Gasteiger partial charge is 0.496 e. The zero-order valence-electron chi connectivity index (χ0n) is 15.9. The summed E-state index contributed by atoms with van der Waals surface area (Å²) in [6, 6.07) is 19.5. The van der Waals surface area contributed by atoms with Crippen LogP contribution in [0.2, 0.25) is 0 Å². The van der Waals surface area contributed by atoms with Gasteiger partial charge in [0.1, 0.15) is 5.75 Å². The standard InChI is InChI=1S/C23H28N2O2/c1-27-22-13-6-5-12-21(22)23(26)24-18-14-19-10-7-11-20(15-18)25(19)16-17-8-3-2-4-9-17/h2-6,8-9,12-13,18-20H,7,10-11,14-16H2,1H3,(H,24,26)/t19-,20-/m0/s1. The topological polar surface area (TPSA) is 41.6 Å². The number of benzene rings is 2. The minimum atomic E-state index is -0.0213. The van der Waals surface area contributed by atoms with Crippen LogP contribution in [0.5, 0.6) is 5.75 Å². The molecule has 142 valence electrons. The monoisotopic (exact) mass is 364 g/mol. The first-order chi connectivity index (χ1) is 13.2. The smallest absolute Gasteiger partial charge is 0.255 e. The van der Waals surface area contributed by atoms with Crippen molar-refractivity contribution in [1.82, 2.24) is 10.2 Å². The Hall–Kier alpha value is -2.33. The number of para-hydroxylation sites is 1. The highest BCUT2D eigenvalue weighted by Crippen LogP contribution is 2.35. The van der Waals surface area contributed by atoms with Crippen LogP contribution in [-0.4, -0.2) is 36.0 Å². The van der Waals surface area contributed by atoms with Gasteiger partial charge in [0.2, 0.25) is 0 Å². The summed E-state index contributed by atoms with van der Waals surface area (Å²) in [5.74, 6) is 0.615. The number of nitrogens with zero attached hydrogens (tertiary/aromatic N) is 1. The van der Waals surface area contributed by atoms with Crippen LogP contribution in [0, 0.1) is 0 Å². The van der Waals surface area contributed by atoms with E-state index in [2.05, 4.69) is 40.5 Å². The minimum absolute atomic E-state index is 0.0213. The normalized spacial score (nSPS) is 25.0.